The maximum atomic E-state index is 11.7. The Labute approximate surface area is 89.8 Å². The summed E-state index contributed by atoms with van der Waals surface area (Å²) in [6.07, 6.45) is 3.46. The van der Waals surface area contributed by atoms with Crippen molar-refractivity contribution in [1.29, 1.82) is 0 Å². The van der Waals surface area contributed by atoms with Gasteiger partial charge in [-0.1, -0.05) is 0 Å². The quantitative estimate of drug-likeness (QED) is 0.749. The molecule has 0 aliphatic heterocycles. The average Bonchev–Trinajstić information content (AvgIpc) is 2.18. The highest BCUT2D eigenvalue weighted by molar-refractivity contribution is 7.89. The third kappa shape index (κ3) is 3.58. The first-order chi connectivity index (χ1) is 7.06. The topological polar surface area (TPSA) is 85.1 Å². The van der Waals surface area contributed by atoms with Gasteiger partial charge >= 0.3 is 0 Å². The molecule has 0 aromatic carbocycles. The molecule has 1 aromatic rings. The van der Waals surface area contributed by atoms with Crippen LogP contribution in [0.2, 0.25) is 0 Å². The van der Waals surface area contributed by atoms with Gasteiger partial charge in [0, 0.05) is 18.4 Å². The molecule has 1 atom stereocenters. The van der Waals surface area contributed by atoms with Gasteiger partial charge in [-0.3, -0.25) is 4.98 Å². The lowest BCUT2D eigenvalue weighted by Crippen LogP contribution is -2.34. The van der Waals surface area contributed by atoms with E-state index in [4.69, 9.17) is 5.73 Å². The molecular formula is C9H15N3O2S. The first kappa shape index (κ1) is 12.1. The molecule has 0 fully saturated rings. The van der Waals surface area contributed by atoms with Gasteiger partial charge < -0.3 is 5.73 Å². The Morgan fingerprint density at radius 2 is 2.33 bits per heavy atom. The Morgan fingerprint density at radius 1 is 1.60 bits per heavy atom. The van der Waals surface area contributed by atoms with E-state index in [0.717, 1.165) is 0 Å². The van der Waals surface area contributed by atoms with Crippen LogP contribution in [0.25, 0.3) is 0 Å². The Balaban J connectivity index is 2.77. The molecule has 0 aliphatic carbocycles. The first-order valence-corrected chi connectivity index (χ1v) is 6.17. The molecule has 1 unspecified atom stereocenters. The predicted octanol–water partition coefficient (Wildman–Crippen LogP) is 0.0972. The zero-order valence-corrected chi connectivity index (χ0v) is 9.37. The summed E-state index contributed by atoms with van der Waals surface area (Å²) in [4.78, 5) is 3.94. The summed E-state index contributed by atoms with van der Waals surface area (Å²) < 4.78 is 26.0. The van der Waals surface area contributed by atoms with Crippen LogP contribution in [0.3, 0.4) is 0 Å². The fourth-order valence-corrected chi connectivity index (χ4v) is 2.39. The van der Waals surface area contributed by atoms with Crippen LogP contribution in [0.1, 0.15) is 13.3 Å². The molecule has 0 saturated heterocycles. The summed E-state index contributed by atoms with van der Waals surface area (Å²) in [7, 11) is -3.45. The molecule has 84 valence electrons. The Morgan fingerprint density at radius 3 is 2.87 bits per heavy atom. The highest BCUT2D eigenvalue weighted by atomic mass is 32.2. The summed E-state index contributed by atoms with van der Waals surface area (Å²) >= 11 is 0. The maximum absolute atomic E-state index is 11.7. The predicted molar refractivity (Wildman–Crippen MR) is 57.7 cm³/mol. The van der Waals surface area contributed by atoms with Crippen LogP contribution in [0, 0.1) is 0 Å². The minimum absolute atomic E-state index is 0.166. The first-order valence-electron chi connectivity index (χ1n) is 4.68. The standard InChI is InChI=1S/C9H15N3O2S/c1-8(4-5-10)12-15(13,14)9-3-2-6-11-7-9/h2-3,6-8,12H,4-5,10H2,1H3. The van der Waals surface area contributed by atoms with Crippen molar-refractivity contribution in [2.75, 3.05) is 6.54 Å². The zero-order valence-electron chi connectivity index (χ0n) is 8.55. The van der Waals surface area contributed by atoms with E-state index in [1.54, 1.807) is 13.0 Å². The van der Waals surface area contributed by atoms with E-state index in [2.05, 4.69) is 9.71 Å². The van der Waals surface area contributed by atoms with E-state index in [9.17, 15) is 8.42 Å². The van der Waals surface area contributed by atoms with Crippen molar-refractivity contribution in [3.05, 3.63) is 24.5 Å². The smallest absolute Gasteiger partial charge is 0.242 e. The number of rotatable bonds is 5. The fourth-order valence-electron chi connectivity index (χ4n) is 1.15. The van der Waals surface area contributed by atoms with Crippen molar-refractivity contribution >= 4 is 10.0 Å². The number of nitrogens with one attached hydrogen (secondary N) is 1. The van der Waals surface area contributed by atoms with Gasteiger partial charge in [-0.15, -0.1) is 0 Å². The van der Waals surface area contributed by atoms with E-state index < -0.39 is 10.0 Å². The van der Waals surface area contributed by atoms with Crippen molar-refractivity contribution in [1.82, 2.24) is 9.71 Å². The lowest BCUT2D eigenvalue weighted by Gasteiger charge is -2.12. The molecule has 0 aliphatic rings. The Hall–Kier alpha value is -0.980. The molecule has 0 bridgehead atoms. The number of nitrogens with zero attached hydrogens (tertiary/aromatic N) is 1. The molecule has 15 heavy (non-hydrogen) atoms. The number of hydrogen-bond acceptors (Lipinski definition) is 4. The summed E-state index contributed by atoms with van der Waals surface area (Å²) in [6, 6.07) is 2.92. The summed E-state index contributed by atoms with van der Waals surface area (Å²) in [6.45, 7) is 2.23. The SMILES string of the molecule is CC(CCN)NS(=O)(=O)c1cccnc1. The number of pyridine rings is 1. The van der Waals surface area contributed by atoms with Crippen molar-refractivity contribution in [2.24, 2.45) is 5.73 Å². The zero-order chi connectivity index (χ0) is 11.3. The molecule has 5 nitrogen and oxygen atoms in total. The number of aromatic nitrogens is 1. The minimum Gasteiger partial charge on any atom is -0.330 e. The van der Waals surface area contributed by atoms with Gasteiger partial charge in [0.05, 0.1) is 0 Å². The summed E-state index contributed by atoms with van der Waals surface area (Å²) in [5.74, 6) is 0. The molecular weight excluding hydrogens is 214 g/mol. The van der Waals surface area contributed by atoms with Crippen molar-refractivity contribution in [3.63, 3.8) is 0 Å². The van der Waals surface area contributed by atoms with Gasteiger partial charge in [0.25, 0.3) is 0 Å². The second-order valence-electron chi connectivity index (χ2n) is 3.29. The largest absolute Gasteiger partial charge is 0.330 e. The van der Waals surface area contributed by atoms with Gasteiger partial charge in [-0.2, -0.15) is 0 Å². The van der Waals surface area contributed by atoms with Crippen LogP contribution >= 0.6 is 0 Å². The lowest BCUT2D eigenvalue weighted by molar-refractivity contribution is 0.549. The van der Waals surface area contributed by atoms with Gasteiger partial charge in [0.15, 0.2) is 0 Å². The van der Waals surface area contributed by atoms with Crippen LogP contribution in [-0.4, -0.2) is 26.0 Å². The van der Waals surface area contributed by atoms with Gasteiger partial charge in [-0.05, 0) is 32.0 Å². The van der Waals surface area contributed by atoms with Gasteiger partial charge in [0.2, 0.25) is 10.0 Å². The number of sulfonamides is 1. The van der Waals surface area contributed by atoms with Crippen LogP contribution in [0.5, 0.6) is 0 Å². The highest BCUT2D eigenvalue weighted by Crippen LogP contribution is 2.06. The van der Waals surface area contributed by atoms with Gasteiger partial charge in [-0.25, -0.2) is 13.1 Å². The minimum atomic E-state index is -3.45. The fraction of sp³-hybridized carbons (Fsp3) is 0.444. The average molecular weight is 229 g/mol. The molecule has 0 spiro atoms. The second-order valence-corrected chi connectivity index (χ2v) is 5.00. The third-order valence-electron chi connectivity index (χ3n) is 1.90. The number of hydrogen-bond donors (Lipinski definition) is 2. The lowest BCUT2D eigenvalue weighted by atomic mass is 10.3. The van der Waals surface area contributed by atoms with E-state index in [-0.39, 0.29) is 10.9 Å². The van der Waals surface area contributed by atoms with Crippen LogP contribution < -0.4 is 10.5 Å². The summed E-state index contributed by atoms with van der Waals surface area (Å²) in [5, 5.41) is 0. The Bertz CT molecular complexity index is 391. The highest BCUT2D eigenvalue weighted by Gasteiger charge is 2.16. The second kappa shape index (κ2) is 5.20. The monoisotopic (exact) mass is 229 g/mol. The molecule has 1 rings (SSSR count). The maximum Gasteiger partial charge on any atom is 0.242 e. The van der Waals surface area contributed by atoms with E-state index >= 15 is 0 Å². The molecule has 0 amide bonds. The van der Waals surface area contributed by atoms with Crippen LogP contribution in [0.4, 0.5) is 0 Å². The molecule has 1 heterocycles. The van der Waals surface area contributed by atoms with E-state index in [1.807, 2.05) is 0 Å². The van der Waals surface area contributed by atoms with E-state index in [1.165, 1.54) is 18.5 Å². The molecule has 1 aromatic heterocycles. The molecule has 6 heteroatoms. The summed E-state index contributed by atoms with van der Waals surface area (Å²) in [5.41, 5.74) is 5.34. The normalized spacial score (nSPS) is 13.7. The number of nitrogens with two attached hydrogens (primary N) is 1. The van der Waals surface area contributed by atoms with Crippen molar-refractivity contribution in [3.8, 4) is 0 Å². The van der Waals surface area contributed by atoms with Crippen LogP contribution in [-0.2, 0) is 10.0 Å². The third-order valence-corrected chi connectivity index (χ3v) is 3.48. The molecule has 0 radical (unpaired) electrons. The van der Waals surface area contributed by atoms with Crippen molar-refractivity contribution in [2.45, 2.75) is 24.3 Å². The molecule has 0 saturated carbocycles. The Kier molecular flexibility index (Phi) is 4.19. The van der Waals surface area contributed by atoms with E-state index in [0.29, 0.717) is 13.0 Å². The van der Waals surface area contributed by atoms with Crippen LogP contribution in [0.15, 0.2) is 29.4 Å². The molecule has 3 N–H and O–H groups in total. The van der Waals surface area contributed by atoms with Gasteiger partial charge in [0.1, 0.15) is 4.90 Å². The van der Waals surface area contributed by atoms with Crippen molar-refractivity contribution < 1.29 is 8.42 Å².